The zero-order valence-electron chi connectivity index (χ0n) is 9.95. The number of hydrazine groups is 1. The second kappa shape index (κ2) is 5.61. The Bertz CT molecular complexity index is 557. The maximum absolute atomic E-state index is 13.8. The van der Waals surface area contributed by atoms with Gasteiger partial charge in [0.25, 0.3) is 0 Å². The van der Waals surface area contributed by atoms with Gasteiger partial charge >= 0.3 is 0 Å². The van der Waals surface area contributed by atoms with Gasteiger partial charge in [-0.05, 0) is 30.2 Å². The molecule has 0 amide bonds. The lowest BCUT2D eigenvalue weighted by Crippen LogP contribution is -2.29. The molecule has 1 atom stereocenters. The Hall–Kier alpha value is -1.23. The molecule has 0 radical (unpaired) electrons. The van der Waals surface area contributed by atoms with Gasteiger partial charge in [0.05, 0.1) is 6.04 Å². The molecule has 2 nitrogen and oxygen atoms in total. The first kappa shape index (κ1) is 13.2. The molecule has 0 saturated heterocycles. The molecular weight excluding hydrogens is 295 g/mol. The fourth-order valence-electron chi connectivity index (χ4n) is 1.92. The predicted molar refractivity (Wildman–Crippen MR) is 74.4 cm³/mol. The first-order valence-electron chi connectivity index (χ1n) is 5.60. The number of rotatable bonds is 3. The molecule has 0 aliphatic rings. The predicted octanol–water partition coefficient (Wildman–Crippen LogP) is 3.45. The van der Waals surface area contributed by atoms with Gasteiger partial charge in [0.1, 0.15) is 5.82 Å². The number of hydrogen-bond acceptors (Lipinski definition) is 2. The maximum Gasteiger partial charge on any atom is 0.128 e. The standard InChI is InChI=1S/C14H14BrFN2/c1-9-8-10(6-7-12(9)15)14(18-17)11-4-2-3-5-13(11)16/h2-8,14,18H,17H2,1H3. The Morgan fingerprint density at radius 2 is 1.94 bits per heavy atom. The molecule has 94 valence electrons. The van der Waals surface area contributed by atoms with Crippen LogP contribution in [0.2, 0.25) is 0 Å². The fourth-order valence-corrected chi connectivity index (χ4v) is 2.17. The number of nitrogens with two attached hydrogens (primary N) is 1. The molecule has 3 N–H and O–H groups in total. The Kier molecular flexibility index (Phi) is 4.11. The molecule has 0 aromatic heterocycles. The van der Waals surface area contributed by atoms with Crippen molar-refractivity contribution in [1.29, 1.82) is 0 Å². The lowest BCUT2D eigenvalue weighted by molar-refractivity contribution is 0.560. The Morgan fingerprint density at radius 1 is 1.22 bits per heavy atom. The summed E-state index contributed by atoms with van der Waals surface area (Å²) >= 11 is 3.45. The second-order valence-electron chi connectivity index (χ2n) is 4.13. The van der Waals surface area contributed by atoms with Crippen LogP contribution >= 0.6 is 15.9 Å². The summed E-state index contributed by atoms with van der Waals surface area (Å²) in [5.74, 6) is 5.30. The Balaban J connectivity index is 2.45. The van der Waals surface area contributed by atoms with Crippen LogP contribution < -0.4 is 11.3 Å². The van der Waals surface area contributed by atoms with E-state index in [-0.39, 0.29) is 11.9 Å². The number of benzene rings is 2. The lowest BCUT2D eigenvalue weighted by atomic mass is 9.97. The molecule has 0 heterocycles. The largest absolute Gasteiger partial charge is 0.271 e. The Morgan fingerprint density at radius 3 is 2.56 bits per heavy atom. The van der Waals surface area contributed by atoms with Crippen LogP contribution in [0.5, 0.6) is 0 Å². The molecule has 1 unspecified atom stereocenters. The first-order chi connectivity index (χ1) is 8.63. The normalized spacial score (nSPS) is 12.4. The van der Waals surface area contributed by atoms with Gasteiger partial charge in [0.2, 0.25) is 0 Å². The highest BCUT2D eigenvalue weighted by molar-refractivity contribution is 9.10. The fraction of sp³-hybridized carbons (Fsp3) is 0.143. The van der Waals surface area contributed by atoms with Crippen molar-refractivity contribution in [3.05, 3.63) is 69.4 Å². The van der Waals surface area contributed by atoms with E-state index in [9.17, 15) is 4.39 Å². The van der Waals surface area contributed by atoms with Crippen molar-refractivity contribution >= 4 is 15.9 Å². The van der Waals surface area contributed by atoms with E-state index in [0.29, 0.717) is 5.56 Å². The van der Waals surface area contributed by atoms with Gasteiger partial charge in [0.15, 0.2) is 0 Å². The topological polar surface area (TPSA) is 38.0 Å². The highest BCUT2D eigenvalue weighted by Crippen LogP contribution is 2.26. The quantitative estimate of drug-likeness (QED) is 0.673. The number of nitrogens with one attached hydrogen (secondary N) is 1. The average Bonchev–Trinajstić information content (AvgIpc) is 2.37. The SMILES string of the molecule is Cc1cc(C(NN)c2ccccc2F)ccc1Br. The minimum absolute atomic E-state index is 0.263. The van der Waals surface area contributed by atoms with Crippen LogP contribution in [-0.2, 0) is 0 Å². The van der Waals surface area contributed by atoms with Crippen LogP contribution in [0.1, 0.15) is 22.7 Å². The van der Waals surface area contributed by atoms with Crippen LogP contribution in [0.4, 0.5) is 4.39 Å². The van der Waals surface area contributed by atoms with Crippen molar-refractivity contribution in [3.63, 3.8) is 0 Å². The summed E-state index contributed by atoms with van der Waals surface area (Å²) < 4.78 is 14.8. The Labute approximate surface area is 114 Å². The van der Waals surface area contributed by atoms with Crippen molar-refractivity contribution in [2.75, 3.05) is 0 Å². The monoisotopic (exact) mass is 308 g/mol. The van der Waals surface area contributed by atoms with E-state index in [1.807, 2.05) is 25.1 Å². The van der Waals surface area contributed by atoms with E-state index in [0.717, 1.165) is 15.6 Å². The third kappa shape index (κ3) is 2.61. The average molecular weight is 309 g/mol. The van der Waals surface area contributed by atoms with Crippen LogP contribution in [0.25, 0.3) is 0 Å². The molecule has 4 heteroatoms. The molecule has 2 rings (SSSR count). The van der Waals surface area contributed by atoms with Crippen molar-refractivity contribution in [1.82, 2.24) is 5.43 Å². The molecule has 18 heavy (non-hydrogen) atoms. The van der Waals surface area contributed by atoms with E-state index < -0.39 is 0 Å². The number of aryl methyl sites for hydroxylation is 1. The van der Waals surface area contributed by atoms with E-state index in [1.165, 1.54) is 6.07 Å². The summed E-state index contributed by atoms with van der Waals surface area (Å²) in [7, 11) is 0. The summed E-state index contributed by atoms with van der Waals surface area (Å²) in [4.78, 5) is 0. The van der Waals surface area contributed by atoms with Gasteiger partial charge in [0, 0.05) is 10.0 Å². The second-order valence-corrected chi connectivity index (χ2v) is 4.98. The maximum atomic E-state index is 13.8. The van der Waals surface area contributed by atoms with E-state index in [4.69, 9.17) is 5.84 Å². The van der Waals surface area contributed by atoms with E-state index >= 15 is 0 Å². The molecule has 0 bridgehead atoms. The highest BCUT2D eigenvalue weighted by Gasteiger charge is 2.16. The van der Waals surface area contributed by atoms with Gasteiger partial charge < -0.3 is 0 Å². The summed E-state index contributed by atoms with van der Waals surface area (Å²) in [6.07, 6.45) is 0. The van der Waals surface area contributed by atoms with Gasteiger partial charge in [-0.3, -0.25) is 5.84 Å². The van der Waals surface area contributed by atoms with Gasteiger partial charge in [-0.15, -0.1) is 0 Å². The lowest BCUT2D eigenvalue weighted by Gasteiger charge is -2.18. The molecule has 0 aliphatic carbocycles. The third-order valence-corrected chi connectivity index (χ3v) is 3.79. The summed E-state index contributed by atoms with van der Waals surface area (Å²) in [5.41, 5.74) is 5.23. The zero-order valence-corrected chi connectivity index (χ0v) is 11.5. The minimum atomic E-state index is -0.349. The minimum Gasteiger partial charge on any atom is -0.271 e. The molecule has 0 saturated carbocycles. The molecule has 2 aromatic rings. The summed E-state index contributed by atoms with van der Waals surface area (Å²) in [6, 6.07) is 12.1. The van der Waals surface area contributed by atoms with Gasteiger partial charge in [-0.2, -0.15) is 0 Å². The third-order valence-electron chi connectivity index (χ3n) is 2.90. The van der Waals surface area contributed by atoms with Gasteiger partial charge in [-0.25, -0.2) is 9.82 Å². The van der Waals surface area contributed by atoms with Crippen molar-refractivity contribution < 1.29 is 4.39 Å². The van der Waals surface area contributed by atoms with Gasteiger partial charge in [-0.1, -0.05) is 46.3 Å². The molecule has 0 spiro atoms. The number of halogens is 2. The summed E-state index contributed by atoms with van der Waals surface area (Å²) in [5, 5.41) is 0. The molecular formula is C14H14BrFN2. The highest BCUT2D eigenvalue weighted by atomic mass is 79.9. The zero-order chi connectivity index (χ0) is 13.1. The molecule has 0 fully saturated rings. The molecule has 0 aliphatic heterocycles. The van der Waals surface area contributed by atoms with Crippen LogP contribution in [-0.4, -0.2) is 0 Å². The molecule has 2 aromatic carbocycles. The van der Waals surface area contributed by atoms with Crippen LogP contribution in [0.3, 0.4) is 0 Å². The van der Waals surface area contributed by atoms with Crippen molar-refractivity contribution in [2.45, 2.75) is 13.0 Å². The first-order valence-corrected chi connectivity index (χ1v) is 6.39. The van der Waals surface area contributed by atoms with Crippen molar-refractivity contribution in [3.8, 4) is 0 Å². The van der Waals surface area contributed by atoms with Crippen LogP contribution in [0, 0.1) is 12.7 Å². The van der Waals surface area contributed by atoms with Crippen molar-refractivity contribution in [2.24, 2.45) is 5.84 Å². The van der Waals surface area contributed by atoms with E-state index in [2.05, 4.69) is 21.4 Å². The van der Waals surface area contributed by atoms with E-state index in [1.54, 1.807) is 18.2 Å². The van der Waals surface area contributed by atoms with Crippen LogP contribution in [0.15, 0.2) is 46.9 Å². The summed E-state index contributed by atoms with van der Waals surface area (Å²) in [6.45, 7) is 1.99. The smallest absolute Gasteiger partial charge is 0.128 e. The number of hydrogen-bond donors (Lipinski definition) is 2.